The molecule has 46 heavy (non-hydrogen) atoms. The van der Waals surface area contributed by atoms with Crippen molar-refractivity contribution in [3.8, 4) is 11.5 Å². The Hall–Kier alpha value is -4.58. The van der Waals surface area contributed by atoms with Crippen LogP contribution in [0.4, 0.5) is 11.4 Å². The lowest BCUT2D eigenvalue weighted by atomic mass is 9.83. The van der Waals surface area contributed by atoms with Crippen molar-refractivity contribution in [3.05, 3.63) is 110 Å². The second-order valence-electron chi connectivity index (χ2n) is 10.8. The van der Waals surface area contributed by atoms with Gasteiger partial charge in [-0.2, -0.15) is 0 Å². The zero-order valence-corrected chi connectivity index (χ0v) is 26.7. The highest BCUT2D eigenvalue weighted by Crippen LogP contribution is 2.53. The minimum absolute atomic E-state index is 0.260. The Labute approximate surface area is 276 Å². The molecule has 1 fully saturated rings. The van der Waals surface area contributed by atoms with Crippen LogP contribution in [0.3, 0.4) is 0 Å². The van der Waals surface area contributed by atoms with Crippen LogP contribution in [0.25, 0.3) is 10.8 Å². The first-order valence-electron chi connectivity index (χ1n) is 14.5. The highest BCUT2D eigenvalue weighted by molar-refractivity contribution is 8.00. The lowest BCUT2D eigenvalue weighted by molar-refractivity contribution is -0.122. The van der Waals surface area contributed by atoms with E-state index in [2.05, 4.69) is 10.3 Å². The first-order chi connectivity index (χ1) is 22.3. The monoisotopic (exact) mass is 671 g/mol. The molecule has 4 aromatic carbocycles. The van der Waals surface area contributed by atoms with Crippen LogP contribution < -0.4 is 24.6 Å². The van der Waals surface area contributed by atoms with Crippen LogP contribution in [0.2, 0.25) is 5.02 Å². The second kappa shape index (κ2) is 12.3. The van der Waals surface area contributed by atoms with Crippen molar-refractivity contribution in [1.29, 1.82) is 0 Å². The highest BCUT2D eigenvalue weighted by atomic mass is 35.5. The van der Waals surface area contributed by atoms with Gasteiger partial charge in [-0.1, -0.05) is 71.1 Å². The molecule has 2 aliphatic rings. The number of H-pyrrole nitrogens is 1. The number of imide groups is 1. The van der Waals surface area contributed by atoms with Crippen molar-refractivity contribution in [1.82, 2.24) is 4.98 Å². The van der Waals surface area contributed by atoms with E-state index in [0.717, 1.165) is 22.1 Å². The first-order valence-corrected chi connectivity index (χ1v) is 16.6. The van der Waals surface area contributed by atoms with E-state index in [4.69, 9.17) is 21.1 Å². The number of hydrogen-bond acceptors (Lipinski definition) is 8. The van der Waals surface area contributed by atoms with Crippen LogP contribution in [0, 0.1) is 5.92 Å². The maximum atomic E-state index is 14.0. The van der Waals surface area contributed by atoms with E-state index in [1.54, 1.807) is 42.5 Å². The molecule has 3 amide bonds. The van der Waals surface area contributed by atoms with E-state index in [0.29, 0.717) is 50.0 Å². The van der Waals surface area contributed by atoms with Gasteiger partial charge in [-0.05, 0) is 71.8 Å². The number of fused-ring (bicyclic) bond motifs is 3. The van der Waals surface area contributed by atoms with Gasteiger partial charge in [0.05, 0.1) is 23.2 Å². The molecular formula is C34H26ClN3O6S2. The zero-order chi connectivity index (χ0) is 31.9. The Bertz CT molecular complexity index is 2060. The lowest BCUT2D eigenvalue weighted by Gasteiger charge is -2.30. The summed E-state index contributed by atoms with van der Waals surface area (Å²) >= 11 is 8.29. The Morgan fingerprint density at radius 3 is 2.48 bits per heavy atom. The second-order valence-corrected chi connectivity index (χ2v) is 13.4. The number of thioether (sulfide) groups is 1. The quantitative estimate of drug-likeness (QED) is 0.182. The van der Waals surface area contributed by atoms with Crippen LogP contribution in [0.5, 0.6) is 11.5 Å². The topological polar surface area (TPSA) is 118 Å². The fourth-order valence-corrected chi connectivity index (χ4v) is 8.58. The first kappa shape index (κ1) is 30.1. The average Bonchev–Trinajstić information content (AvgIpc) is 3.54. The zero-order valence-electron chi connectivity index (χ0n) is 24.3. The maximum Gasteiger partial charge on any atom is 0.305 e. The highest BCUT2D eigenvalue weighted by Gasteiger charge is 2.56. The van der Waals surface area contributed by atoms with Crippen LogP contribution in [0.1, 0.15) is 23.3 Å². The average molecular weight is 672 g/mol. The molecule has 5 aromatic rings. The van der Waals surface area contributed by atoms with Gasteiger partial charge in [-0.15, -0.1) is 0 Å². The molecule has 0 radical (unpaired) electrons. The molecule has 3 heterocycles. The summed E-state index contributed by atoms with van der Waals surface area (Å²) in [4.78, 5) is 57.4. The largest absolute Gasteiger partial charge is 0.490 e. The number of benzene rings is 4. The fourth-order valence-electron chi connectivity index (χ4n) is 5.93. The standard InChI is InChI=1S/C34H26ClN3O6S2/c1-2-43-25-16-20(8-14-24(25)44-17-26(39)36-22-11-7-18-5-3-4-6-19(18)15-22)27-28-30(45-31-29(27)46-34(42)37-31)33(41)38(32(28)40)23-12-9-21(35)10-13-23/h3-16,27-28,30H,2,17H2,1H3,(H,36,39)(H,37,42). The molecule has 3 unspecified atom stereocenters. The Kier molecular flexibility index (Phi) is 8.06. The van der Waals surface area contributed by atoms with Crippen LogP contribution in [0.15, 0.2) is 94.7 Å². The van der Waals surface area contributed by atoms with Crippen molar-refractivity contribution >= 4 is 74.6 Å². The summed E-state index contributed by atoms with van der Waals surface area (Å²) in [6, 6.07) is 25.3. The number of rotatable bonds is 8. The number of hydrogen-bond donors (Lipinski definition) is 2. The van der Waals surface area contributed by atoms with Crippen molar-refractivity contribution < 1.29 is 23.9 Å². The van der Waals surface area contributed by atoms with E-state index >= 15 is 0 Å². The molecule has 0 bridgehead atoms. The van der Waals surface area contributed by atoms with Crippen LogP contribution >= 0.6 is 34.7 Å². The number of halogens is 1. The minimum atomic E-state index is -0.763. The number of anilines is 2. The molecule has 7 rings (SSSR count). The van der Waals surface area contributed by atoms with Gasteiger partial charge in [0.1, 0.15) is 5.25 Å². The van der Waals surface area contributed by atoms with E-state index in [-0.39, 0.29) is 29.2 Å². The molecule has 2 aliphatic heterocycles. The summed E-state index contributed by atoms with van der Waals surface area (Å²) < 4.78 is 11.8. The molecule has 1 saturated heterocycles. The summed E-state index contributed by atoms with van der Waals surface area (Å²) in [7, 11) is 0. The molecule has 0 spiro atoms. The lowest BCUT2D eigenvalue weighted by Crippen LogP contribution is -2.32. The van der Waals surface area contributed by atoms with Crippen molar-refractivity contribution in [2.24, 2.45) is 5.92 Å². The van der Waals surface area contributed by atoms with Gasteiger partial charge in [0, 0.05) is 21.5 Å². The van der Waals surface area contributed by atoms with Gasteiger partial charge in [-0.25, -0.2) is 4.90 Å². The van der Waals surface area contributed by atoms with Gasteiger partial charge >= 0.3 is 4.87 Å². The SMILES string of the molecule is CCOc1cc(C2c3sc(=O)[nH]c3SC3C(=O)N(c4ccc(Cl)cc4)C(=O)C32)ccc1OCC(=O)Nc1ccc2ccccc2c1. The number of aromatic amines is 1. The summed E-state index contributed by atoms with van der Waals surface area (Å²) in [6.45, 7) is 1.89. The predicted octanol–water partition coefficient (Wildman–Crippen LogP) is 6.46. The van der Waals surface area contributed by atoms with Gasteiger partial charge in [-0.3, -0.25) is 19.2 Å². The molecule has 0 saturated carbocycles. The van der Waals surface area contributed by atoms with Gasteiger partial charge in [0.25, 0.3) is 5.91 Å². The molecular weight excluding hydrogens is 646 g/mol. The van der Waals surface area contributed by atoms with Crippen LogP contribution in [-0.4, -0.2) is 41.2 Å². The summed E-state index contributed by atoms with van der Waals surface area (Å²) in [5.74, 6) is -1.68. The smallest absolute Gasteiger partial charge is 0.305 e. The third kappa shape index (κ3) is 5.55. The predicted molar refractivity (Wildman–Crippen MR) is 180 cm³/mol. The van der Waals surface area contributed by atoms with Crippen molar-refractivity contribution in [3.63, 3.8) is 0 Å². The molecule has 9 nitrogen and oxygen atoms in total. The van der Waals surface area contributed by atoms with Crippen molar-refractivity contribution in [2.45, 2.75) is 23.1 Å². The number of aromatic nitrogens is 1. The maximum absolute atomic E-state index is 14.0. The van der Waals surface area contributed by atoms with E-state index < -0.39 is 17.1 Å². The molecule has 3 atom stereocenters. The van der Waals surface area contributed by atoms with E-state index in [1.807, 2.05) is 49.4 Å². The number of nitrogens with one attached hydrogen (secondary N) is 2. The van der Waals surface area contributed by atoms with Gasteiger partial charge in [0.2, 0.25) is 11.8 Å². The summed E-state index contributed by atoms with van der Waals surface area (Å²) in [5.41, 5.74) is 1.77. The Morgan fingerprint density at radius 1 is 0.913 bits per heavy atom. The summed E-state index contributed by atoms with van der Waals surface area (Å²) in [5, 5.41) is 5.27. The van der Waals surface area contributed by atoms with Gasteiger partial charge in [0.15, 0.2) is 18.1 Å². The normalized spacial score (nSPS) is 18.7. The third-order valence-electron chi connectivity index (χ3n) is 7.93. The Morgan fingerprint density at radius 2 is 1.70 bits per heavy atom. The third-order valence-corrected chi connectivity index (χ3v) is 10.6. The molecule has 232 valence electrons. The Balaban J connectivity index is 1.16. The molecule has 2 N–H and O–H groups in total. The van der Waals surface area contributed by atoms with Crippen molar-refractivity contribution in [2.75, 3.05) is 23.4 Å². The molecule has 0 aliphatic carbocycles. The van der Waals surface area contributed by atoms with Gasteiger partial charge < -0.3 is 19.8 Å². The van der Waals surface area contributed by atoms with E-state index in [9.17, 15) is 19.2 Å². The number of amides is 3. The number of carbonyl (C=O) groups is 3. The molecule has 1 aromatic heterocycles. The minimum Gasteiger partial charge on any atom is -0.490 e. The fraction of sp³-hybridized carbons (Fsp3) is 0.176. The van der Waals surface area contributed by atoms with E-state index in [1.165, 1.54) is 16.7 Å². The number of thiazole rings is 1. The number of nitrogens with zero attached hydrogens (tertiary/aromatic N) is 1. The summed E-state index contributed by atoms with van der Waals surface area (Å²) in [6.07, 6.45) is 0. The number of carbonyl (C=O) groups excluding carboxylic acids is 3. The molecule has 12 heteroatoms. The van der Waals surface area contributed by atoms with Crippen LogP contribution in [-0.2, 0) is 14.4 Å². The number of ether oxygens (including phenoxy) is 2.